The Morgan fingerprint density at radius 3 is 0.817 bits per heavy atom. The Labute approximate surface area is 372 Å². The fraction of sp³-hybridized carbons (Fsp3) is 0.796. The van der Waals surface area contributed by atoms with Crippen molar-refractivity contribution in [3.63, 3.8) is 0 Å². The third-order valence-electron chi connectivity index (χ3n) is 10.6. The SMILES string of the molecule is CC(C)CCCCCCCCCCCCCCC(=O)O.CCCCC/C=C\C/C=C\CCCCCCCC(=O)O.CCCCC/C=C\C/C=C\CCCCCCCC(=O)O. The first-order valence-electron chi connectivity index (χ1n) is 25.4. The summed E-state index contributed by atoms with van der Waals surface area (Å²) in [5.41, 5.74) is 0. The summed E-state index contributed by atoms with van der Waals surface area (Å²) in [6, 6.07) is 0. The highest BCUT2D eigenvalue weighted by atomic mass is 16.4. The van der Waals surface area contributed by atoms with Gasteiger partial charge < -0.3 is 15.3 Å². The van der Waals surface area contributed by atoms with Crippen molar-refractivity contribution in [1.82, 2.24) is 0 Å². The van der Waals surface area contributed by atoms with Gasteiger partial charge in [-0.15, -0.1) is 0 Å². The maximum absolute atomic E-state index is 10.3. The summed E-state index contributed by atoms with van der Waals surface area (Å²) < 4.78 is 0. The summed E-state index contributed by atoms with van der Waals surface area (Å²) in [5.74, 6) is -1.13. The molecule has 3 N–H and O–H groups in total. The minimum absolute atomic E-state index is 0.324. The van der Waals surface area contributed by atoms with E-state index >= 15 is 0 Å². The van der Waals surface area contributed by atoms with Gasteiger partial charge in [0.05, 0.1) is 0 Å². The van der Waals surface area contributed by atoms with Crippen molar-refractivity contribution in [2.45, 2.75) is 272 Å². The first-order chi connectivity index (χ1) is 29.2. The number of carboxylic acid groups (broad SMARTS) is 3. The molecule has 0 fully saturated rings. The normalized spacial score (nSPS) is 11.5. The fourth-order valence-electron chi connectivity index (χ4n) is 6.77. The molecule has 0 aromatic carbocycles. The predicted molar refractivity (Wildman–Crippen MR) is 261 cm³/mol. The van der Waals surface area contributed by atoms with Gasteiger partial charge in [0, 0.05) is 19.3 Å². The van der Waals surface area contributed by atoms with Gasteiger partial charge in [0.1, 0.15) is 0 Å². The van der Waals surface area contributed by atoms with Crippen LogP contribution in [0.1, 0.15) is 272 Å². The van der Waals surface area contributed by atoms with Gasteiger partial charge in [0.15, 0.2) is 0 Å². The molecule has 0 radical (unpaired) electrons. The standard InChI is InChI=1S/C18H36O2.2C18H32O2/c1-17(2)15-13-11-9-7-5-3-4-6-8-10-12-14-16-18(19)20;2*1-2-3-4-5-6-7-8-9-10-11-12-13-14-15-16-17-18(19)20/h17H,3-16H2,1-2H3,(H,19,20);2*6-7,9-10H,2-5,8,11-17H2,1H3,(H,19,20)/b;2*7-6-,10-9-. The molecule has 0 amide bonds. The van der Waals surface area contributed by atoms with E-state index in [2.05, 4.69) is 76.3 Å². The van der Waals surface area contributed by atoms with Gasteiger partial charge in [-0.05, 0) is 89.4 Å². The Morgan fingerprint density at radius 2 is 0.567 bits per heavy atom. The summed E-state index contributed by atoms with van der Waals surface area (Å²) in [6.45, 7) is 9.08. The number of allylic oxidation sites excluding steroid dienone is 8. The lowest BCUT2D eigenvalue weighted by Gasteiger charge is -2.04. The van der Waals surface area contributed by atoms with Crippen LogP contribution in [0.5, 0.6) is 0 Å². The largest absolute Gasteiger partial charge is 0.481 e. The van der Waals surface area contributed by atoms with Gasteiger partial charge in [0.2, 0.25) is 0 Å². The van der Waals surface area contributed by atoms with Crippen LogP contribution in [0.3, 0.4) is 0 Å². The number of unbranched alkanes of at least 4 members (excludes halogenated alkanes) is 27. The molecule has 0 heterocycles. The van der Waals surface area contributed by atoms with E-state index in [1.807, 2.05) is 0 Å². The average Bonchev–Trinajstić information content (AvgIpc) is 3.21. The van der Waals surface area contributed by atoms with Gasteiger partial charge in [-0.25, -0.2) is 0 Å². The highest BCUT2D eigenvalue weighted by Gasteiger charge is 1.99. The van der Waals surface area contributed by atoms with Crippen LogP contribution in [0.25, 0.3) is 0 Å². The summed E-state index contributed by atoms with van der Waals surface area (Å²) in [4.78, 5) is 31.0. The smallest absolute Gasteiger partial charge is 0.303 e. The van der Waals surface area contributed by atoms with Crippen molar-refractivity contribution >= 4 is 17.9 Å². The molecule has 0 atom stereocenters. The second kappa shape index (κ2) is 56.4. The first kappa shape index (κ1) is 61.7. The minimum atomic E-state index is -0.671. The van der Waals surface area contributed by atoms with Crippen LogP contribution in [0.15, 0.2) is 48.6 Å². The van der Waals surface area contributed by atoms with Gasteiger partial charge in [-0.3, -0.25) is 14.4 Å². The summed E-state index contributed by atoms with van der Waals surface area (Å²) >= 11 is 0. The van der Waals surface area contributed by atoms with Crippen molar-refractivity contribution in [2.24, 2.45) is 5.92 Å². The summed E-state index contributed by atoms with van der Waals surface area (Å²) in [5, 5.41) is 25.5. The van der Waals surface area contributed by atoms with Gasteiger partial charge >= 0.3 is 17.9 Å². The number of aliphatic carboxylic acids is 3. The molecular formula is C54H100O6. The number of carbonyl (C=O) groups is 3. The zero-order valence-corrected chi connectivity index (χ0v) is 40.1. The lowest BCUT2D eigenvalue weighted by Crippen LogP contribution is -1.93. The molecule has 0 aliphatic rings. The van der Waals surface area contributed by atoms with Crippen LogP contribution < -0.4 is 0 Å². The van der Waals surface area contributed by atoms with E-state index in [0.29, 0.717) is 19.3 Å². The molecule has 352 valence electrons. The molecular weight excluding hydrogens is 745 g/mol. The van der Waals surface area contributed by atoms with E-state index in [1.165, 1.54) is 161 Å². The highest BCUT2D eigenvalue weighted by molar-refractivity contribution is 5.67. The first-order valence-corrected chi connectivity index (χ1v) is 25.4. The maximum Gasteiger partial charge on any atom is 0.303 e. The Bertz CT molecular complexity index is 938. The van der Waals surface area contributed by atoms with Crippen LogP contribution in [0, 0.1) is 5.92 Å². The van der Waals surface area contributed by atoms with E-state index < -0.39 is 17.9 Å². The van der Waals surface area contributed by atoms with Crippen LogP contribution in [-0.2, 0) is 14.4 Å². The zero-order chi connectivity index (χ0) is 44.8. The van der Waals surface area contributed by atoms with Crippen molar-refractivity contribution in [3.05, 3.63) is 48.6 Å². The topological polar surface area (TPSA) is 112 Å². The second-order valence-corrected chi connectivity index (χ2v) is 17.3. The van der Waals surface area contributed by atoms with E-state index in [0.717, 1.165) is 70.1 Å². The number of hydrogen-bond acceptors (Lipinski definition) is 3. The zero-order valence-electron chi connectivity index (χ0n) is 40.1. The molecule has 0 saturated carbocycles. The van der Waals surface area contributed by atoms with E-state index in [9.17, 15) is 14.4 Å². The van der Waals surface area contributed by atoms with Gasteiger partial charge in [-0.2, -0.15) is 0 Å². The van der Waals surface area contributed by atoms with Crippen LogP contribution in [0.4, 0.5) is 0 Å². The number of rotatable bonds is 43. The number of hydrogen-bond donors (Lipinski definition) is 3. The van der Waals surface area contributed by atoms with Crippen LogP contribution in [-0.4, -0.2) is 33.2 Å². The quantitative estimate of drug-likeness (QED) is 0.0416. The van der Waals surface area contributed by atoms with Crippen molar-refractivity contribution in [1.29, 1.82) is 0 Å². The van der Waals surface area contributed by atoms with Crippen molar-refractivity contribution in [2.75, 3.05) is 0 Å². The molecule has 6 nitrogen and oxygen atoms in total. The van der Waals surface area contributed by atoms with Gasteiger partial charge in [0.25, 0.3) is 0 Å². The average molecular weight is 845 g/mol. The Morgan fingerprint density at radius 1 is 0.333 bits per heavy atom. The molecule has 0 aliphatic carbocycles. The molecule has 0 unspecified atom stereocenters. The second-order valence-electron chi connectivity index (χ2n) is 17.3. The third-order valence-corrected chi connectivity index (χ3v) is 10.6. The fourth-order valence-corrected chi connectivity index (χ4v) is 6.77. The molecule has 6 heteroatoms. The molecule has 0 saturated heterocycles. The Hall–Kier alpha value is -2.63. The van der Waals surface area contributed by atoms with Crippen LogP contribution >= 0.6 is 0 Å². The molecule has 0 bridgehead atoms. The third kappa shape index (κ3) is 70.0. The molecule has 0 aliphatic heterocycles. The Kier molecular flexibility index (Phi) is 57.9. The predicted octanol–water partition coefficient (Wildman–Crippen LogP) is 18.0. The highest BCUT2D eigenvalue weighted by Crippen LogP contribution is 2.15. The van der Waals surface area contributed by atoms with Gasteiger partial charge in [-0.1, -0.05) is 218 Å². The van der Waals surface area contributed by atoms with Crippen LogP contribution in [0.2, 0.25) is 0 Å². The molecule has 0 rings (SSSR count). The summed E-state index contributed by atoms with van der Waals surface area (Å²) in [6.07, 6.45) is 61.9. The lowest BCUT2D eigenvalue weighted by atomic mass is 10.0. The molecule has 0 aromatic heterocycles. The minimum Gasteiger partial charge on any atom is -0.481 e. The van der Waals surface area contributed by atoms with Crippen molar-refractivity contribution < 1.29 is 29.7 Å². The molecule has 0 aromatic rings. The Balaban J connectivity index is -0.000000812. The number of carboxylic acids is 3. The monoisotopic (exact) mass is 845 g/mol. The molecule has 0 spiro atoms. The summed E-state index contributed by atoms with van der Waals surface area (Å²) in [7, 11) is 0. The van der Waals surface area contributed by atoms with Crippen molar-refractivity contribution in [3.8, 4) is 0 Å². The van der Waals surface area contributed by atoms with E-state index in [4.69, 9.17) is 15.3 Å². The maximum atomic E-state index is 10.3. The van der Waals surface area contributed by atoms with E-state index in [1.54, 1.807) is 0 Å². The lowest BCUT2D eigenvalue weighted by molar-refractivity contribution is -0.138. The molecule has 60 heavy (non-hydrogen) atoms. The van der Waals surface area contributed by atoms with E-state index in [-0.39, 0.29) is 0 Å².